The quantitative estimate of drug-likeness (QED) is 0.245. The van der Waals surface area contributed by atoms with Gasteiger partial charge in [0.15, 0.2) is 0 Å². The predicted molar refractivity (Wildman–Crippen MR) is 123 cm³/mol. The summed E-state index contributed by atoms with van der Waals surface area (Å²) in [6, 6.07) is 5.06. The monoisotopic (exact) mass is 471 g/mol. The number of benzene rings is 1. The Labute approximate surface area is 197 Å². The minimum absolute atomic E-state index is 0.0915. The standard InChI is InChI=1S/C23H29N5O6/c1-14(2)21(27-18(30)10-11-28-19(31)8-9-20(28)32)23(34)25-15(3)22(33)26-17-6-4-16(5-7-17)12-24-13-29/h4-9,13-15,21H,10-12H2,1-3H3,(H,24,29)(H,25,34)(H,26,33)(H,27,30)/t15-,21?/m0/s1. The summed E-state index contributed by atoms with van der Waals surface area (Å²) in [5.74, 6) is -2.71. The summed E-state index contributed by atoms with van der Waals surface area (Å²) < 4.78 is 0. The molecule has 1 aromatic rings. The second kappa shape index (κ2) is 12.3. The van der Waals surface area contributed by atoms with Crippen LogP contribution >= 0.6 is 0 Å². The van der Waals surface area contributed by atoms with E-state index >= 15 is 0 Å². The van der Waals surface area contributed by atoms with Crippen LogP contribution in [0.4, 0.5) is 5.69 Å². The van der Waals surface area contributed by atoms with E-state index in [1.165, 1.54) is 6.92 Å². The fourth-order valence-electron chi connectivity index (χ4n) is 3.13. The molecule has 1 unspecified atom stereocenters. The minimum Gasteiger partial charge on any atom is -0.355 e. The van der Waals surface area contributed by atoms with Gasteiger partial charge in [-0.3, -0.25) is 33.7 Å². The molecule has 0 saturated heterocycles. The molecule has 0 bridgehead atoms. The first-order valence-corrected chi connectivity index (χ1v) is 10.8. The highest BCUT2D eigenvalue weighted by molar-refractivity contribution is 6.13. The first-order chi connectivity index (χ1) is 16.1. The maximum absolute atomic E-state index is 12.7. The number of hydrogen-bond acceptors (Lipinski definition) is 6. The third kappa shape index (κ3) is 7.54. The van der Waals surface area contributed by atoms with Gasteiger partial charge in [0, 0.05) is 37.3 Å². The molecule has 2 atom stereocenters. The molecule has 4 N–H and O–H groups in total. The van der Waals surface area contributed by atoms with Crippen LogP contribution in [0.15, 0.2) is 36.4 Å². The highest BCUT2D eigenvalue weighted by Crippen LogP contribution is 2.10. The molecule has 0 radical (unpaired) electrons. The lowest BCUT2D eigenvalue weighted by Gasteiger charge is -2.24. The van der Waals surface area contributed by atoms with Crippen molar-refractivity contribution >= 4 is 41.6 Å². The molecule has 34 heavy (non-hydrogen) atoms. The Hall–Kier alpha value is -4.02. The number of rotatable bonds is 12. The number of hydrogen-bond donors (Lipinski definition) is 4. The lowest BCUT2D eigenvalue weighted by molar-refractivity contribution is -0.137. The van der Waals surface area contributed by atoms with Crippen LogP contribution in [0.2, 0.25) is 0 Å². The lowest BCUT2D eigenvalue weighted by Crippen LogP contribution is -2.54. The molecular formula is C23H29N5O6. The molecule has 1 aliphatic rings. The molecule has 0 aromatic heterocycles. The maximum atomic E-state index is 12.7. The van der Waals surface area contributed by atoms with Crippen molar-refractivity contribution in [3.05, 3.63) is 42.0 Å². The molecule has 11 heteroatoms. The number of carbonyl (C=O) groups excluding carboxylic acids is 6. The van der Waals surface area contributed by atoms with Crippen LogP contribution in [-0.4, -0.2) is 59.5 Å². The second-order valence-corrected chi connectivity index (χ2v) is 8.12. The Morgan fingerprint density at radius 1 is 0.941 bits per heavy atom. The molecule has 0 fully saturated rings. The Kier molecular flexibility index (Phi) is 9.48. The summed E-state index contributed by atoms with van der Waals surface area (Å²) in [4.78, 5) is 72.0. The van der Waals surface area contributed by atoms with Gasteiger partial charge in [0.2, 0.25) is 24.1 Å². The van der Waals surface area contributed by atoms with Gasteiger partial charge in [-0.2, -0.15) is 0 Å². The Morgan fingerprint density at radius 2 is 1.56 bits per heavy atom. The zero-order valence-corrected chi connectivity index (χ0v) is 19.3. The highest BCUT2D eigenvalue weighted by atomic mass is 16.2. The maximum Gasteiger partial charge on any atom is 0.253 e. The molecule has 2 rings (SSSR count). The summed E-state index contributed by atoms with van der Waals surface area (Å²) in [5, 5.41) is 10.4. The summed E-state index contributed by atoms with van der Waals surface area (Å²) in [7, 11) is 0. The molecular weight excluding hydrogens is 442 g/mol. The molecule has 1 aliphatic heterocycles. The predicted octanol–water partition coefficient (Wildman–Crippen LogP) is -0.168. The van der Waals surface area contributed by atoms with E-state index in [0.29, 0.717) is 18.6 Å². The van der Waals surface area contributed by atoms with Gasteiger partial charge in [-0.15, -0.1) is 0 Å². The van der Waals surface area contributed by atoms with Crippen LogP contribution in [0.1, 0.15) is 32.8 Å². The van der Waals surface area contributed by atoms with E-state index in [2.05, 4.69) is 21.3 Å². The van der Waals surface area contributed by atoms with Crippen LogP contribution in [0.5, 0.6) is 0 Å². The van der Waals surface area contributed by atoms with Gasteiger partial charge in [-0.1, -0.05) is 26.0 Å². The van der Waals surface area contributed by atoms with Crippen molar-refractivity contribution in [1.29, 1.82) is 0 Å². The zero-order valence-electron chi connectivity index (χ0n) is 19.3. The molecule has 0 saturated carbocycles. The van der Waals surface area contributed by atoms with Gasteiger partial charge >= 0.3 is 0 Å². The van der Waals surface area contributed by atoms with E-state index in [0.717, 1.165) is 22.6 Å². The van der Waals surface area contributed by atoms with E-state index < -0.39 is 41.6 Å². The van der Waals surface area contributed by atoms with E-state index in [4.69, 9.17) is 0 Å². The third-order valence-corrected chi connectivity index (χ3v) is 5.09. The van der Waals surface area contributed by atoms with Crippen LogP contribution in [0.3, 0.4) is 0 Å². The average Bonchev–Trinajstić information content (AvgIpc) is 3.12. The third-order valence-electron chi connectivity index (χ3n) is 5.09. The normalized spacial score (nSPS) is 14.5. The van der Waals surface area contributed by atoms with Crippen LogP contribution in [0.25, 0.3) is 0 Å². The number of amides is 6. The summed E-state index contributed by atoms with van der Waals surface area (Å²) in [6.45, 7) is 5.29. The molecule has 1 heterocycles. The van der Waals surface area contributed by atoms with Gasteiger partial charge in [-0.25, -0.2) is 0 Å². The Balaban J connectivity index is 1.86. The van der Waals surface area contributed by atoms with Crippen molar-refractivity contribution in [2.24, 2.45) is 5.92 Å². The largest absolute Gasteiger partial charge is 0.355 e. The Morgan fingerprint density at radius 3 is 2.12 bits per heavy atom. The number of nitrogens with zero attached hydrogens (tertiary/aromatic N) is 1. The Bertz CT molecular complexity index is 955. The lowest BCUT2D eigenvalue weighted by atomic mass is 10.0. The fraction of sp³-hybridized carbons (Fsp3) is 0.391. The van der Waals surface area contributed by atoms with Gasteiger partial charge in [0.25, 0.3) is 11.8 Å². The van der Waals surface area contributed by atoms with Crippen molar-refractivity contribution in [2.45, 2.75) is 45.8 Å². The van der Waals surface area contributed by atoms with Crippen molar-refractivity contribution in [1.82, 2.24) is 20.9 Å². The number of anilines is 1. The van der Waals surface area contributed by atoms with Crippen molar-refractivity contribution in [2.75, 3.05) is 11.9 Å². The van der Waals surface area contributed by atoms with Crippen LogP contribution in [0, 0.1) is 5.92 Å². The molecule has 182 valence electrons. The number of nitrogens with one attached hydrogen (secondary N) is 4. The first-order valence-electron chi connectivity index (χ1n) is 10.8. The topological polar surface area (TPSA) is 154 Å². The van der Waals surface area contributed by atoms with Crippen LogP contribution in [-0.2, 0) is 35.3 Å². The minimum atomic E-state index is -0.907. The van der Waals surface area contributed by atoms with Crippen molar-refractivity contribution < 1.29 is 28.8 Å². The number of imide groups is 1. The van der Waals surface area contributed by atoms with Gasteiger partial charge < -0.3 is 21.3 Å². The average molecular weight is 472 g/mol. The summed E-state index contributed by atoms with van der Waals surface area (Å²) in [5.41, 5.74) is 1.38. The molecule has 0 spiro atoms. The first kappa shape index (κ1) is 26.2. The molecule has 11 nitrogen and oxygen atoms in total. The molecule has 6 amide bonds. The zero-order chi connectivity index (χ0) is 25.3. The molecule has 0 aliphatic carbocycles. The van der Waals surface area contributed by atoms with E-state index in [1.54, 1.807) is 38.1 Å². The fourth-order valence-corrected chi connectivity index (χ4v) is 3.13. The van der Waals surface area contributed by atoms with E-state index in [1.807, 2.05) is 0 Å². The molecule has 1 aromatic carbocycles. The smallest absolute Gasteiger partial charge is 0.253 e. The van der Waals surface area contributed by atoms with Crippen molar-refractivity contribution in [3.8, 4) is 0 Å². The van der Waals surface area contributed by atoms with Gasteiger partial charge in [0.05, 0.1) is 0 Å². The van der Waals surface area contributed by atoms with E-state index in [9.17, 15) is 28.8 Å². The van der Waals surface area contributed by atoms with Crippen molar-refractivity contribution in [3.63, 3.8) is 0 Å². The van der Waals surface area contributed by atoms with Crippen LogP contribution < -0.4 is 21.3 Å². The summed E-state index contributed by atoms with van der Waals surface area (Å²) in [6.07, 6.45) is 2.72. The SMILES string of the molecule is CC(C)C(NC(=O)CCN1C(=O)C=CC1=O)C(=O)N[C@@H](C)C(=O)Nc1ccc(CNC=O)cc1. The van der Waals surface area contributed by atoms with E-state index in [-0.39, 0.29) is 18.9 Å². The highest BCUT2D eigenvalue weighted by Gasteiger charge is 2.28. The second-order valence-electron chi connectivity index (χ2n) is 8.12. The number of carbonyl (C=O) groups is 6. The van der Waals surface area contributed by atoms with Gasteiger partial charge in [0.1, 0.15) is 12.1 Å². The van der Waals surface area contributed by atoms with Gasteiger partial charge in [-0.05, 0) is 30.5 Å². The summed E-state index contributed by atoms with van der Waals surface area (Å²) >= 11 is 0.